The van der Waals surface area contributed by atoms with Gasteiger partial charge in [-0.1, -0.05) is 18.5 Å². The van der Waals surface area contributed by atoms with E-state index in [0.717, 1.165) is 36.0 Å². The van der Waals surface area contributed by atoms with Crippen LogP contribution in [0.25, 0.3) is 10.9 Å². The molecule has 2 aliphatic rings. The number of ether oxygens (including phenoxy) is 1. The lowest BCUT2D eigenvalue weighted by Crippen LogP contribution is -2.39. The van der Waals surface area contributed by atoms with Gasteiger partial charge in [-0.15, -0.1) is 0 Å². The number of anilines is 1. The fraction of sp³-hybridized carbons (Fsp3) is 0.571. The van der Waals surface area contributed by atoms with Gasteiger partial charge in [0.25, 0.3) is 0 Å². The zero-order valence-electron chi connectivity index (χ0n) is 15.8. The normalized spacial score (nSPS) is 18.7. The van der Waals surface area contributed by atoms with Gasteiger partial charge in [0.2, 0.25) is 0 Å². The fourth-order valence-corrected chi connectivity index (χ4v) is 4.58. The van der Waals surface area contributed by atoms with Crippen LogP contribution in [0.1, 0.15) is 43.9 Å². The largest absolute Gasteiger partial charge is 0.495 e. The summed E-state index contributed by atoms with van der Waals surface area (Å²) in [5.74, 6) is 0.723. The predicted octanol–water partition coefficient (Wildman–Crippen LogP) is 4.67. The van der Waals surface area contributed by atoms with Crippen molar-refractivity contribution in [3.05, 3.63) is 28.4 Å². The van der Waals surface area contributed by atoms with E-state index in [1.165, 1.54) is 55.7 Å². The molecule has 5 heteroatoms. The molecule has 1 aromatic heterocycles. The standard InChI is InChI=1S/C21H28ClN3O/c1-3-25-10-8-14(9-11-25)23-21-15-6-4-5-7-18(15)24-19-13-17(22)20(26-2)12-16(19)21/h12-14H,3-11H2,1-2H3,(H,23,24). The number of halogens is 1. The van der Waals surface area contributed by atoms with Crippen LogP contribution in [0.15, 0.2) is 12.1 Å². The molecule has 0 spiro atoms. The maximum Gasteiger partial charge on any atom is 0.138 e. The molecule has 0 radical (unpaired) electrons. The van der Waals surface area contributed by atoms with E-state index in [4.69, 9.17) is 21.3 Å². The molecule has 1 saturated heterocycles. The van der Waals surface area contributed by atoms with Crippen molar-refractivity contribution in [3.63, 3.8) is 0 Å². The molecular formula is C21H28ClN3O. The average molecular weight is 374 g/mol. The minimum atomic E-state index is 0.524. The van der Waals surface area contributed by atoms with Gasteiger partial charge in [-0.3, -0.25) is 4.98 Å². The molecule has 1 fully saturated rings. The molecule has 26 heavy (non-hydrogen) atoms. The molecule has 4 nitrogen and oxygen atoms in total. The topological polar surface area (TPSA) is 37.4 Å². The monoisotopic (exact) mass is 373 g/mol. The Hall–Kier alpha value is -1.52. The van der Waals surface area contributed by atoms with E-state index in [1.54, 1.807) is 7.11 Å². The van der Waals surface area contributed by atoms with Crippen LogP contribution in [0.2, 0.25) is 5.02 Å². The summed E-state index contributed by atoms with van der Waals surface area (Å²) < 4.78 is 5.48. The first-order valence-electron chi connectivity index (χ1n) is 9.87. The number of nitrogens with one attached hydrogen (secondary N) is 1. The quantitative estimate of drug-likeness (QED) is 0.844. The molecule has 0 unspecified atom stereocenters. The molecule has 140 valence electrons. The Labute approximate surface area is 160 Å². The second-order valence-corrected chi connectivity index (χ2v) is 7.88. The molecule has 2 aromatic rings. The van der Waals surface area contributed by atoms with E-state index in [9.17, 15) is 0 Å². The van der Waals surface area contributed by atoms with Gasteiger partial charge < -0.3 is 15.0 Å². The third-order valence-corrected chi connectivity index (χ3v) is 6.21. The minimum Gasteiger partial charge on any atom is -0.495 e. The highest BCUT2D eigenvalue weighted by Gasteiger charge is 2.23. The number of aryl methyl sites for hydroxylation is 1. The number of hydrogen-bond donors (Lipinski definition) is 1. The van der Waals surface area contributed by atoms with Gasteiger partial charge in [0, 0.05) is 35.9 Å². The lowest BCUT2D eigenvalue weighted by molar-refractivity contribution is 0.229. The summed E-state index contributed by atoms with van der Waals surface area (Å²) in [6.07, 6.45) is 7.03. The van der Waals surface area contributed by atoms with Crippen molar-refractivity contribution in [2.45, 2.75) is 51.5 Å². The second kappa shape index (κ2) is 7.61. The molecular weight excluding hydrogens is 346 g/mol. The molecule has 1 aliphatic heterocycles. The van der Waals surface area contributed by atoms with E-state index < -0.39 is 0 Å². The van der Waals surface area contributed by atoms with Crippen molar-refractivity contribution in [2.24, 2.45) is 0 Å². The molecule has 0 atom stereocenters. The van der Waals surface area contributed by atoms with Crippen LogP contribution in [0.5, 0.6) is 5.75 Å². The molecule has 1 aliphatic carbocycles. The zero-order valence-corrected chi connectivity index (χ0v) is 16.5. The van der Waals surface area contributed by atoms with Crippen molar-refractivity contribution in [1.82, 2.24) is 9.88 Å². The summed E-state index contributed by atoms with van der Waals surface area (Å²) in [4.78, 5) is 7.47. The first-order valence-corrected chi connectivity index (χ1v) is 10.2. The van der Waals surface area contributed by atoms with Crippen molar-refractivity contribution < 1.29 is 4.74 Å². The Kier molecular flexibility index (Phi) is 5.23. The summed E-state index contributed by atoms with van der Waals surface area (Å²) in [6, 6.07) is 4.54. The van der Waals surface area contributed by atoms with Crippen molar-refractivity contribution in [3.8, 4) is 5.75 Å². The van der Waals surface area contributed by atoms with Gasteiger partial charge in [-0.05, 0) is 62.8 Å². The van der Waals surface area contributed by atoms with E-state index in [1.807, 2.05) is 6.07 Å². The number of likely N-dealkylation sites (tertiary alicyclic amines) is 1. The Bertz CT molecular complexity index is 800. The number of rotatable bonds is 4. The van der Waals surface area contributed by atoms with Crippen molar-refractivity contribution in [2.75, 3.05) is 32.1 Å². The predicted molar refractivity (Wildman–Crippen MR) is 109 cm³/mol. The van der Waals surface area contributed by atoms with Crippen LogP contribution < -0.4 is 10.1 Å². The van der Waals surface area contributed by atoms with E-state index in [0.29, 0.717) is 11.1 Å². The average Bonchev–Trinajstić information content (AvgIpc) is 2.68. The van der Waals surface area contributed by atoms with Crippen LogP contribution in [-0.2, 0) is 12.8 Å². The van der Waals surface area contributed by atoms with Crippen LogP contribution in [0.3, 0.4) is 0 Å². The van der Waals surface area contributed by atoms with Crippen LogP contribution >= 0.6 is 11.6 Å². The molecule has 2 heterocycles. The Morgan fingerprint density at radius 3 is 2.73 bits per heavy atom. The van der Waals surface area contributed by atoms with Gasteiger partial charge >= 0.3 is 0 Å². The number of aromatic nitrogens is 1. The summed E-state index contributed by atoms with van der Waals surface area (Å²) in [7, 11) is 1.67. The van der Waals surface area contributed by atoms with Crippen LogP contribution in [-0.4, -0.2) is 42.7 Å². The maximum absolute atomic E-state index is 6.37. The van der Waals surface area contributed by atoms with E-state index >= 15 is 0 Å². The number of methoxy groups -OCH3 is 1. The number of hydrogen-bond acceptors (Lipinski definition) is 4. The van der Waals surface area contributed by atoms with E-state index in [-0.39, 0.29) is 0 Å². The Morgan fingerprint density at radius 2 is 2.00 bits per heavy atom. The first-order chi connectivity index (χ1) is 12.7. The first kappa shape index (κ1) is 17.9. The highest BCUT2D eigenvalue weighted by atomic mass is 35.5. The lowest BCUT2D eigenvalue weighted by atomic mass is 9.92. The van der Waals surface area contributed by atoms with E-state index in [2.05, 4.69) is 23.2 Å². The Morgan fingerprint density at radius 1 is 1.23 bits per heavy atom. The maximum atomic E-state index is 6.37. The summed E-state index contributed by atoms with van der Waals surface area (Å²) >= 11 is 6.37. The molecule has 4 rings (SSSR count). The molecule has 1 N–H and O–H groups in total. The molecule has 0 amide bonds. The second-order valence-electron chi connectivity index (χ2n) is 7.48. The van der Waals surface area contributed by atoms with Gasteiger partial charge in [0.1, 0.15) is 5.75 Å². The lowest BCUT2D eigenvalue weighted by Gasteiger charge is -2.33. The summed E-state index contributed by atoms with van der Waals surface area (Å²) in [5, 5.41) is 5.68. The number of pyridine rings is 1. The van der Waals surface area contributed by atoms with Gasteiger partial charge in [0.05, 0.1) is 17.6 Å². The smallest absolute Gasteiger partial charge is 0.138 e. The number of fused-ring (bicyclic) bond motifs is 2. The minimum absolute atomic E-state index is 0.524. The Balaban J connectivity index is 1.75. The number of nitrogens with zero attached hydrogens (tertiary/aromatic N) is 2. The van der Waals surface area contributed by atoms with Crippen LogP contribution in [0, 0.1) is 0 Å². The fourth-order valence-electron chi connectivity index (χ4n) is 4.34. The molecule has 0 bridgehead atoms. The SMILES string of the molecule is CCN1CCC(Nc2c3c(nc4cc(Cl)c(OC)cc24)CCCC3)CC1. The summed E-state index contributed by atoms with van der Waals surface area (Å²) in [6.45, 7) is 5.75. The van der Waals surface area contributed by atoms with Gasteiger partial charge in [-0.25, -0.2) is 0 Å². The third kappa shape index (κ3) is 3.37. The highest BCUT2D eigenvalue weighted by Crippen LogP contribution is 2.38. The zero-order chi connectivity index (χ0) is 18.1. The van der Waals surface area contributed by atoms with Crippen molar-refractivity contribution in [1.29, 1.82) is 0 Å². The van der Waals surface area contributed by atoms with Gasteiger partial charge in [0.15, 0.2) is 0 Å². The molecule has 1 aromatic carbocycles. The molecule has 0 saturated carbocycles. The highest BCUT2D eigenvalue weighted by molar-refractivity contribution is 6.33. The number of benzene rings is 1. The number of piperidine rings is 1. The summed E-state index contributed by atoms with van der Waals surface area (Å²) in [5.41, 5.74) is 4.91. The van der Waals surface area contributed by atoms with Gasteiger partial charge in [-0.2, -0.15) is 0 Å². The van der Waals surface area contributed by atoms with Crippen molar-refractivity contribution >= 4 is 28.2 Å². The van der Waals surface area contributed by atoms with Crippen LogP contribution in [0.4, 0.5) is 5.69 Å². The third-order valence-electron chi connectivity index (χ3n) is 5.92.